The highest BCUT2D eigenvalue weighted by molar-refractivity contribution is 6.16. The molecule has 0 N–H and O–H groups in total. The molecule has 2 heterocycles. The van der Waals surface area contributed by atoms with Gasteiger partial charge in [0, 0.05) is 49.7 Å². The van der Waals surface area contributed by atoms with Crippen molar-refractivity contribution in [1.29, 1.82) is 0 Å². The second-order valence-electron chi connectivity index (χ2n) is 19.0. The van der Waals surface area contributed by atoms with Gasteiger partial charge in [0.05, 0.1) is 22.1 Å². The van der Waals surface area contributed by atoms with Crippen molar-refractivity contribution in [3.05, 3.63) is 265 Å². The Bertz CT molecular complexity index is 4130. The summed E-state index contributed by atoms with van der Waals surface area (Å²) in [6.07, 6.45) is 8.81. The van der Waals surface area contributed by atoms with Gasteiger partial charge in [-0.1, -0.05) is 188 Å². The Kier molecular flexibility index (Phi) is 8.40. The van der Waals surface area contributed by atoms with E-state index in [0.29, 0.717) is 0 Å². The molecule has 0 aliphatic heterocycles. The lowest BCUT2D eigenvalue weighted by molar-refractivity contribution is 0.670. The summed E-state index contributed by atoms with van der Waals surface area (Å²) in [7, 11) is 0. The standard InChI is InChI=1S/C67H44N2O/c1-2-17-45(18-3-1)69-60-31-12-7-23-55(60)64-48(24-15-32-61(64)69)43-35-39-46(40-36-43)68(47-41-37-44(38-42-47)49-25-14-26-53-52-21-8-13-34-63(52)70-66(49)53)62-33-16-30-59-65(62)54-22-6-11-29-58(54)67(59)56-27-9-4-19-50(56)51-20-5-10-28-57(51)67/h1-2,4-17,19-42H,3,18H2. The van der Waals surface area contributed by atoms with Crippen LogP contribution in [0, 0.1) is 0 Å². The van der Waals surface area contributed by atoms with Crippen LogP contribution in [0.2, 0.25) is 0 Å². The molecule has 0 fully saturated rings. The quantitative estimate of drug-likeness (QED) is 0.166. The van der Waals surface area contributed by atoms with Crippen molar-refractivity contribution in [3.8, 4) is 44.5 Å². The van der Waals surface area contributed by atoms with Crippen molar-refractivity contribution in [2.75, 3.05) is 4.90 Å². The highest BCUT2D eigenvalue weighted by Crippen LogP contribution is 2.64. The van der Waals surface area contributed by atoms with Gasteiger partial charge in [0.15, 0.2) is 0 Å². The van der Waals surface area contributed by atoms with Gasteiger partial charge in [0.2, 0.25) is 0 Å². The van der Waals surface area contributed by atoms with Crippen LogP contribution in [-0.4, -0.2) is 4.57 Å². The summed E-state index contributed by atoms with van der Waals surface area (Å²) in [5, 5.41) is 4.82. The maximum atomic E-state index is 6.55. The number of nitrogens with zero attached hydrogens (tertiary/aromatic N) is 2. The fourth-order valence-corrected chi connectivity index (χ4v) is 12.6. The van der Waals surface area contributed by atoms with Crippen LogP contribution in [0.5, 0.6) is 0 Å². The molecule has 2 aromatic heterocycles. The van der Waals surface area contributed by atoms with Gasteiger partial charge in [-0.2, -0.15) is 0 Å². The highest BCUT2D eigenvalue weighted by Gasteiger charge is 2.52. The number of hydrogen-bond donors (Lipinski definition) is 0. The molecule has 328 valence electrons. The smallest absolute Gasteiger partial charge is 0.143 e. The normalized spacial score (nSPS) is 14.0. The monoisotopic (exact) mass is 892 g/mol. The maximum absolute atomic E-state index is 6.55. The van der Waals surface area contributed by atoms with Crippen molar-refractivity contribution in [1.82, 2.24) is 4.57 Å². The highest BCUT2D eigenvalue weighted by atomic mass is 16.3. The molecule has 3 aliphatic rings. The van der Waals surface area contributed by atoms with Crippen LogP contribution in [0.4, 0.5) is 17.1 Å². The minimum Gasteiger partial charge on any atom is -0.455 e. The lowest BCUT2D eigenvalue weighted by Crippen LogP contribution is -2.26. The Labute approximate surface area is 406 Å². The van der Waals surface area contributed by atoms with Crippen molar-refractivity contribution in [2.45, 2.75) is 18.3 Å². The Morgan fingerprint density at radius 3 is 1.70 bits per heavy atom. The fourth-order valence-electron chi connectivity index (χ4n) is 12.6. The molecule has 12 aromatic rings. The summed E-state index contributed by atoms with van der Waals surface area (Å²) >= 11 is 0. The first-order valence-electron chi connectivity index (χ1n) is 24.5. The third-order valence-electron chi connectivity index (χ3n) is 15.5. The summed E-state index contributed by atoms with van der Waals surface area (Å²) < 4.78 is 9.03. The molecule has 0 unspecified atom stereocenters. The van der Waals surface area contributed by atoms with E-state index >= 15 is 0 Å². The Morgan fingerprint density at radius 2 is 0.971 bits per heavy atom. The second kappa shape index (κ2) is 15.0. The van der Waals surface area contributed by atoms with Gasteiger partial charge in [-0.05, 0) is 123 Å². The second-order valence-corrected chi connectivity index (χ2v) is 19.0. The molecule has 0 amide bonds. The zero-order chi connectivity index (χ0) is 45.9. The topological polar surface area (TPSA) is 21.3 Å². The molecule has 3 aliphatic carbocycles. The number of aromatic nitrogens is 1. The van der Waals surface area contributed by atoms with E-state index < -0.39 is 5.41 Å². The van der Waals surface area contributed by atoms with E-state index in [1.807, 2.05) is 6.07 Å². The van der Waals surface area contributed by atoms with Gasteiger partial charge in [-0.15, -0.1) is 0 Å². The van der Waals surface area contributed by atoms with Crippen molar-refractivity contribution >= 4 is 66.5 Å². The number of fused-ring (bicyclic) bond motifs is 16. The Hall–Kier alpha value is -8.92. The van der Waals surface area contributed by atoms with Gasteiger partial charge in [-0.3, -0.25) is 0 Å². The van der Waals surface area contributed by atoms with Gasteiger partial charge >= 0.3 is 0 Å². The van der Waals surface area contributed by atoms with Crippen molar-refractivity contribution < 1.29 is 4.42 Å². The molecule has 1 spiro atoms. The largest absolute Gasteiger partial charge is 0.455 e. The zero-order valence-corrected chi connectivity index (χ0v) is 38.3. The van der Waals surface area contributed by atoms with Gasteiger partial charge in [0.25, 0.3) is 0 Å². The fraction of sp³-hybridized carbons (Fsp3) is 0.0448. The molecule has 0 saturated heterocycles. The van der Waals surface area contributed by atoms with E-state index in [9.17, 15) is 0 Å². The van der Waals surface area contributed by atoms with E-state index in [1.165, 1.54) is 83.1 Å². The van der Waals surface area contributed by atoms with Gasteiger partial charge in [0.1, 0.15) is 11.2 Å². The number of hydrogen-bond acceptors (Lipinski definition) is 2. The van der Waals surface area contributed by atoms with E-state index in [0.717, 1.165) is 63.0 Å². The number of anilines is 3. The summed E-state index contributed by atoms with van der Waals surface area (Å²) in [6, 6.07) is 83.1. The average molecular weight is 893 g/mol. The molecule has 10 aromatic carbocycles. The number of benzene rings is 10. The van der Waals surface area contributed by atoms with Crippen LogP contribution in [-0.2, 0) is 5.41 Å². The van der Waals surface area contributed by atoms with Crippen LogP contribution in [0.25, 0.3) is 93.9 Å². The summed E-state index contributed by atoms with van der Waals surface area (Å²) in [4.78, 5) is 2.48. The van der Waals surface area contributed by atoms with E-state index in [-0.39, 0.29) is 0 Å². The van der Waals surface area contributed by atoms with Crippen LogP contribution in [0.1, 0.15) is 35.1 Å². The minimum atomic E-state index is -0.457. The number of rotatable bonds is 6. The van der Waals surface area contributed by atoms with Gasteiger partial charge < -0.3 is 13.9 Å². The molecule has 0 saturated carbocycles. The summed E-state index contributed by atoms with van der Waals surface area (Å²) in [5.41, 5.74) is 23.5. The lowest BCUT2D eigenvalue weighted by Gasteiger charge is -2.32. The molecule has 0 atom stereocenters. The van der Waals surface area contributed by atoms with Crippen LogP contribution in [0.3, 0.4) is 0 Å². The van der Waals surface area contributed by atoms with Crippen molar-refractivity contribution in [3.63, 3.8) is 0 Å². The summed E-state index contributed by atoms with van der Waals surface area (Å²) in [5.74, 6) is 0. The van der Waals surface area contributed by atoms with Crippen LogP contribution in [0.15, 0.2) is 247 Å². The Balaban J connectivity index is 0.932. The Morgan fingerprint density at radius 1 is 0.429 bits per heavy atom. The lowest BCUT2D eigenvalue weighted by atomic mass is 9.70. The molecule has 70 heavy (non-hydrogen) atoms. The van der Waals surface area contributed by atoms with E-state index in [2.05, 4.69) is 246 Å². The summed E-state index contributed by atoms with van der Waals surface area (Å²) in [6.45, 7) is 0. The molecular weight excluding hydrogens is 849 g/mol. The molecule has 3 heteroatoms. The van der Waals surface area contributed by atoms with E-state index in [1.54, 1.807) is 0 Å². The number of furan rings is 1. The molecular formula is C67H44N2O. The molecule has 15 rings (SSSR count). The number of para-hydroxylation sites is 3. The van der Waals surface area contributed by atoms with Gasteiger partial charge in [-0.25, -0.2) is 0 Å². The van der Waals surface area contributed by atoms with E-state index in [4.69, 9.17) is 4.42 Å². The van der Waals surface area contributed by atoms with Crippen LogP contribution >= 0.6 is 0 Å². The maximum Gasteiger partial charge on any atom is 0.143 e. The molecule has 0 bridgehead atoms. The molecule has 3 nitrogen and oxygen atoms in total. The average Bonchev–Trinajstić information content (AvgIpc) is 4.17. The van der Waals surface area contributed by atoms with Crippen LogP contribution < -0.4 is 4.90 Å². The first kappa shape index (κ1) is 39.1. The SMILES string of the molecule is C1=CCCC(n2c3ccccc3c3c(-c4ccc(N(c5ccc(-c6cccc7c6oc6ccccc67)cc5)c5cccc6c5-c5ccccc5C65c6ccccc6-c6ccccc65)cc4)cccc32)=C1. The predicted octanol–water partition coefficient (Wildman–Crippen LogP) is 18.0. The van der Waals surface area contributed by atoms with Crippen molar-refractivity contribution in [2.24, 2.45) is 0 Å². The third-order valence-corrected chi connectivity index (χ3v) is 15.5. The zero-order valence-electron chi connectivity index (χ0n) is 38.3. The first-order chi connectivity index (χ1) is 34.8. The predicted molar refractivity (Wildman–Crippen MR) is 291 cm³/mol. The first-order valence-corrected chi connectivity index (χ1v) is 24.5. The molecule has 0 radical (unpaired) electrons. The number of allylic oxidation sites excluding steroid dienone is 4. The third kappa shape index (κ3) is 5.40. The minimum absolute atomic E-state index is 0.457.